The molecule has 118 valence electrons. The number of rotatable bonds is 8. The van der Waals surface area contributed by atoms with Crippen LogP contribution in [-0.4, -0.2) is 25.8 Å². The van der Waals surface area contributed by atoms with Crippen LogP contribution in [0.1, 0.15) is 37.6 Å². The van der Waals surface area contributed by atoms with Crippen LogP contribution in [-0.2, 0) is 23.1 Å². The zero-order valence-corrected chi connectivity index (χ0v) is 13.9. The third kappa shape index (κ3) is 4.67. The van der Waals surface area contributed by atoms with Gasteiger partial charge in [0.25, 0.3) is 0 Å². The van der Waals surface area contributed by atoms with Gasteiger partial charge in [0, 0.05) is 0 Å². The molecule has 6 heteroatoms. The van der Waals surface area contributed by atoms with Gasteiger partial charge >= 0.3 is 13.6 Å². The van der Waals surface area contributed by atoms with Crippen LogP contribution in [0.15, 0.2) is 24.3 Å². The molecule has 0 radical (unpaired) electrons. The second kappa shape index (κ2) is 8.32. The van der Waals surface area contributed by atoms with Crippen molar-refractivity contribution in [2.75, 3.05) is 19.8 Å². The average molecular weight is 314 g/mol. The fourth-order valence-electron chi connectivity index (χ4n) is 2.06. The maximum atomic E-state index is 13.0. The Morgan fingerprint density at radius 2 is 1.76 bits per heavy atom. The summed E-state index contributed by atoms with van der Waals surface area (Å²) in [5, 5.41) is 0. The van der Waals surface area contributed by atoms with Crippen molar-refractivity contribution >= 4 is 13.6 Å². The molecule has 1 aromatic carbocycles. The van der Waals surface area contributed by atoms with Gasteiger partial charge in [0.2, 0.25) is 0 Å². The van der Waals surface area contributed by atoms with Crippen molar-refractivity contribution in [3.05, 3.63) is 35.4 Å². The van der Waals surface area contributed by atoms with Crippen LogP contribution in [0, 0.1) is 6.92 Å². The van der Waals surface area contributed by atoms with E-state index in [1.807, 2.05) is 13.0 Å². The summed E-state index contributed by atoms with van der Waals surface area (Å²) in [4.78, 5) is 12.3. The van der Waals surface area contributed by atoms with Crippen LogP contribution < -0.4 is 0 Å². The highest BCUT2D eigenvalue weighted by Gasteiger charge is 2.43. The molecule has 0 aliphatic carbocycles. The molecule has 0 N–H and O–H groups in total. The van der Waals surface area contributed by atoms with Crippen LogP contribution in [0.25, 0.3) is 0 Å². The highest BCUT2D eigenvalue weighted by Crippen LogP contribution is 2.61. The molecular formula is C15H23O5P. The number of aryl methyl sites for hydroxylation is 1. The van der Waals surface area contributed by atoms with Crippen LogP contribution in [0.3, 0.4) is 0 Å². The number of hydrogen-bond acceptors (Lipinski definition) is 5. The van der Waals surface area contributed by atoms with Crippen molar-refractivity contribution in [2.45, 2.75) is 33.4 Å². The Morgan fingerprint density at radius 3 is 2.24 bits per heavy atom. The topological polar surface area (TPSA) is 61.8 Å². The van der Waals surface area contributed by atoms with Crippen LogP contribution in [0.5, 0.6) is 0 Å². The van der Waals surface area contributed by atoms with E-state index < -0.39 is 19.2 Å². The van der Waals surface area contributed by atoms with Crippen molar-refractivity contribution in [1.29, 1.82) is 0 Å². The van der Waals surface area contributed by atoms with Crippen molar-refractivity contribution < 1.29 is 23.1 Å². The second-order valence-electron chi connectivity index (χ2n) is 4.44. The number of esters is 1. The highest BCUT2D eigenvalue weighted by molar-refractivity contribution is 7.55. The smallest absolute Gasteiger partial charge is 0.349 e. The van der Waals surface area contributed by atoms with Crippen molar-refractivity contribution in [3.63, 3.8) is 0 Å². The Labute approximate surface area is 126 Å². The van der Waals surface area contributed by atoms with E-state index in [9.17, 15) is 9.36 Å². The van der Waals surface area contributed by atoms with Crippen LogP contribution in [0.2, 0.25) is 0 Å². The quantitative estimate of drug-likeness (QED) is 0.538. The van der Waals surface area contributed by atoms with Gasteiger partial charge in [0.05, 0.1) is 19.8 Å². The molecule has 0 aliphatic heterocycles. The summed E-state index contributed by atoms with van der Waals surface area (Å²) in [6.45, 7) is 7.63. The molecule has 1 rings (SSSR count). The van der Waals surface area contributed by atoms with E-state index in [0.717, 1.165) is 5.56 Å². The van der Waals surface area contributed by atoms with E-state index in [1.54, 1.807) is 39.0 Å². The summed E-state index contributed by atoms with van der Waals surface area (Å²) in [6.07, 6.45) is 0. The summed E-state index contributed by atoms with van der Waals surface area (Å²) in [5.74, 6) is -0.590. The van der Waals surface area contributed by atoms with E-state index >= 15 is 0 Å². The third-order valence-electron chi connectivity index (χ3n) is 2.80. The van der Waals surface area contributed by atoms with E-state index in [4.69, 9.17) is 13.8 Å². The molecule has 0 aromatic heterocycles. The fraction of sp³-hybridized carbons (Fsp3) is 0.533. The Balaban J connectivity index is 3.29. The standard InChI is InChI=1S/C15H23O5P/c1-5-18-15(16)14(13-10-8-9-12(4)11-13)21(17,19-6-2)20-7-3/h8-11,14H,5-7H2,1-4H3/t14-/m0/s1. The maximum Gasteiger partial charge on any atom is 0.349 e. The van der Waals surface area contributed by atoms with Gasteiger partial charge in [0.1, 0.15) is 0 Å². The molecule has 0 heterocycles. The summed E-state index contributed by atoms with van der Waals surface area (Å²) in [7, 11) is -3.63. The Kier molecular flexibility index (Phi) is 7.09. The molecule has 0 saturated carbocycles. The van der Waals surface area contributed by atoms with Crippen LogP contribution in [0.4, 0.5) is 0 Å². The lowest BCUT2D eigenvalue weighted by molar-refractivity contribution is -0.143. The van der Waals surface area contributed by atoms with Gasteiger partial charge in [-0.05, 0) is 33.3 Å². The summed E-state index contributed by atoms with van der Waals surface area (Å²) >= 11 is 0. The molecule has 5 nitrogen and oxygen atoms in total. The number of ether oxygens (including phenoxy) is 1. The van der Waals surface area contributed by atoms with Gasteiger partial charge in [-0.1, -0.05) is 29.8 Å². The highest BCUT2D eigenvalue weighted by atomic mass is 31.2. The average Bonchev–Trinajstić information content (AvgIpc) is 2.39. The zero-order chi connectivity index (χ0) is 15.9. The van der Waals surface area contributed by atoms with E-state index in [1.165, 1.54) is 0 Å². The Hall–Kier alpha value is -1.16. The molecule has 21 heavy (non-hydrogen) atoms. The zero-order valence-electron chi connectivity index (χ0n) is 13.0. The first-order valence-electron chi connectivity index (χ1n) is 7.10. The van der Waals surface area contributed by atoms with Gasteiger partial charge in [-0.25, -0.2) is 0 Å². The number of carbonyl (C=O) groups is 1. The molecule has 0 saturated heterocycles. The molecule has 0 amide bonds. The fourth-order valence-corrected chi connectivity index (χ4v) is 4.01. The predicted octanol–water partition coefficient (Wildman–Crippen LogP) is 3.87. The molecule has 1 atom stereocenters. The van der Waals surface area contributed by atoms with Crippen molar-refractivity contribution in [3.8, 4) is 0 Å². The Bertz CT molecular complexity index is 505. The van der Waals surface area contributed by atoms with Gasteiger partial charge in [0.15, 0.2) is 5.66 Å². The van der Waals surface area contributed by atoms with Crippen molar-refractivity contribution in [2.24, 2.45) is 0 Å². The van der Waals surface area contributed by atoms with E-state index in [2.05, 4.69) is 0 Å². The number of hydrogen-bond donors (Lipinski definition) is 0. The molecule has 0 aliphatic rings. The van der Waals surface area contributed by atoms with Gasteiger partial charge < -0.3 is 13.8 Å². The lowest BCUT2D eigenvalue weighted by Crippen LogP contribution is -2.19. The predicted molar refractivity (Wildman–Crippen MR) is 81.4 cm³/mol. The van der Waals surface area contributed by atoms with Gasteiger partial charge in [-0.3, -0.25) is 9.36 Å². The molecule has 0 spiro atoms. The summed E-state index contributed by atoms with van der Waals surface area (Å²) in [5.41, 5.74) is 0.484. The van der Waals surface area contributed by atoms with Crippen molar-refractivity contribution in [1.82, 2.24) is 0 Å². The molecule has 0 unspecified atom stereocenters. The lowest BCUT2D eigenvalue weighted by Gasteiger charge is -2.25. The largest absolute Gasteiger partial charge is 0.465 e. The first-order valence-corrected chi connectivity index (χ1v) is 8.71. The third-order valence-corrected chi connectivity index (χ3v) is 5.18. The number of benzene rings is 1. The van der Waals surface area contributed by atoms with E-state index in [0.29, 0.717) is 5.56 Å². The molecule has 0 fully saturated rings. The summed E-state index contributed by atoms with van der Waals surface area (Å²) < 4.78 is 28.7. The SMILES string of the molecule is CCOC(=O)[C@H](c1cccc(C)c1)P(=O)(OCC)OCC. The summed E-state index contributed by atoms with van der Waals surface area (Å²) in [6, 6.07) is 7.24. The van der Waals surface area contributed by atoms with E-state index in [-0.39, 0.29) is 19.8 Å². The minimum Gasteiger partial charge on any atom is -0.465 e. The number of carbonyl (C=O) groups excluding carboxylic acids is 1. The van der Waals surface area contributed by atoms with Gasteiger partial charge in [-0.15, -0.1) is 0 Å². The molecule has 0 bridgehead atoms. The minimum atomic E-state index is -3.63. The minimum absolute atomic E-state index is 0.193. The first kappa shape index (κ1) is 17.9. The first-order chi connectivity index (χ1) is 9.98. The maximum absolute atomic E-state index is 13.0. The normalized spacial score (nSPS) is 13.0. The monoisotopic (exact) mass is 314 g/mol. The van der Waals surface area contributed by atoms with Crippen LogP contribution >= 0.6 is 7.60 Å². The Morgan fingerprint density at radius 1 is 1.14 bits per heavy atom. The lowest BCUT2D eigenvalue weighted by atomic mass is 10.1. The van der Waals surface area contributed by atoms with Gasteiger partial charge in [-0.2, -0.15) is 0 Å². The molecular weight excluding hydrogens is 291 g/mol. The second-order valence-corrected chi connectivity index (χ2v) is 6.56. The molecule has 1 aromatic rings.